The number of nitrogens with zero attached hydrogens (tertiary/aromatic N) is 1. The minimum absolute atomic E-state index is 0.0227. The van der Waals surface area contributed by atoms with Crippen molar-refractivity contribution in [3.63, 3.8) is 0 Å². The molecule has 2 saturated carbocycles. The molecule has 0 aromatic carbocycles. The van der Waals surface area contributed by atoms with Crippen molar-refractivity contribution in [2.75, 3.05) is 0 Å². The number of carbonyl (C=O) groups is 3. The molecule has 5 heteroatoms. The highest BCUT2D eigenvalue weighted by molar-refractivity contribution is 6.16. The van der Waals surface area contributed by atoms with E-state index < -0.39 is 11.9 Å². The zero-order valence-corrected chi connectivity index (χ0v) is 10.4. The van der Waals surface area contributed by atoms with E-state index in [-0.39, 0.29) is 23.8 Å². The summed E-state index contributed by atoms with van der Waals surface area (Å²) in [7, 11) is 0. The molecule has 4 amide bonds. The van der Waals surface area contributed by atoms with Gasteiger partial charge in [0.05, 0.1) is 0 Å². The van der Waals surface area contributed by atoms with E-state index in [1.165, 1.54) is 4.90 Å². The maximum absolute atomic E-state index is 12.4. The third-order valence-corrected chi connectivity index (χ3v) is 4.55. The molecule has 0 aromatic rings. The van der Waals surface area contributed by atoms with Gasteiger partial charge in [0.25, 0.3) is 0 Å². The van der Waals surface area contributed by atoms with Gasteiger partial charge < -0.3 is 0 Å². The number of imide groups is 2. The number of urea groups is 1. The number of hydrogen-bond acceptors (Lipinski definition) is 3. The number of barbiturate groups is 1. The van der Waals surface area contributed by atoms with E-state index in [1.54, 1.807) is 0 Å². The van der Waals surface area contributed by atoms with Crippen LogP contribution in [0.1, 0.15) is 44.9 Å². The van der Waals surface area contributed by atoms with Crippen LogP contribution in [0.4, 0.5) is 4.79 Å². The second-order valence-electron chi connectivity index (χ2n) is 5.61. The first-order valence-electron chi connectivity index (χ1n) is 6.86. The van der Waals surface area contributed by atoms with E-state index in [2.05, 4.69) is 5.32 Å². The highest BCUT2D eigenvalue weighted by atomic mass is 16.2. The van der Waals surface area contributed by atoms with Crippen LogP contribution in [0.3, 0.4) is 0 Å². The Kier molecular flexibility index (Phi) is 2.84. The molecule has 1 atom stereocenters. The van der Waals surface area contributed by atoms with Gasteiger partial charge in [-0.15, -0.1) is 0 Å². The zero-order valence-electron chi connectivity index (χ0n) is 10.4. The Morgan fingerprint density at radius 3 is 2.17 bits per heavy atom. The Morgan fingerprint density at radius 1 is 0.944 bits per heavy atom. The van der Waals surface area contributed by atoms with Crippen molar-refractivity contribution in [3.8, 4) is 0 Å². The minimum Gasteiger partial charge on any atom is -0.277 e. The molecule has 3 aliphatic rings. The predicted octanol–water partition coefficient (Wildman–Crippen LogP) is 1.42. The molecule has 0 spiro atoms. The Morgan fingerprint density at radius 2 is 1.61 bits per heavy atom. The quantitative estimate of drug-likeness (QED) is 0.754. The molecule has 3 fully saturated rings. The van der Waals surface area contributed by atoms with Crippen molar-refractivity contribution in [1.29, 1.82) is 0 Å². The number of nitrogens with one attached hydrogen (secondary N) is 1. The van der Waals surface area contributed by atoms with Crippen LogP contribution in [-0.4, -0.2) is 28.8 Å². The first kappa shape index (κ1) is 11.7. The molecule has 3 rings (SSSR count). The van der Waals surface area contributed by atoms with Gasteiger partial charge in [0.2, 0.25) is 11.8 Å². The van der Waals surface area contributed by atoms with E-state index in [1.807, 2.05) is 0 Å². The molecule has 1 aliphatic heterocycles. The van der Waals surface area contributed by atoms with Gasteiger partial charge in [0.1, 0.15) is 5.92 Å². The molecule has 98 valence electrons. The smallest absolute Gasteiger partial charge is 0.277 e. The summed E-state index contributed by atoms with van der Waals surface area (Å²) in [6.07, 6.45) is 6.84. The van der Waals surface area contributed by atoms with E-state index in [0.29, 0.717) is 0 Å². The first-order valence-corrected chi connectivity index (χ1v) is 6.86. The molecule has 0 radical (unpaired) electrons. The molecule has 0 aromatic heterocycles. The van der Waals surface area contributed by atoms with E-state index in [0.717, 1.165) is 44.9 Å². The van der Waals surface area contributed by atoms with Gasteiger partial charge >= 0.3 is 6.03 Å². The monoisotopic (exact) mass is 250 g/mol. The van der Waals surface area contributed by atoms with Crippen LogP contribution >= 0.6 is 0 Å². The number of rotatable bonds is 2. The van der Waals surface area contributed by atoms with Crippen LogP contribution in [0.15, 0.2) is 0 Å². The lowest BCUT2D eigenvalue weighted by Crippen LogP contribution is -2.63. The van der Waals surface area contributed by atoms with Crippen molar-refractivity contribution in [2.45, 2.75) is 51.0 Å². The summed E-state index contributed by atoms with van der Waals surface area (Å²) in [6, 6.07) is -0.488. The third-order valence-electron chi connectivity index (χ3n) is 4.55. The minimum atomic E-state index is -0.620. The van der Waals surface area contributed by atoms with Crippen molar-refractivity contribution >= 4 is 17.8 Å². The van der Waals surface area contributed by atoms with Gasteiger partial charge in [0.15, 0.2) is 0 Å². The Balaban J connectivity index is 1.82. The Hall–Kier alpha value is -1.39. The second kappa shape index (κ2) is 4.37. The zero-order chi connectivity index (χ0) is 12.7. The highest BCUT2D eigenvalue weighted by Gasteiger charge is 2.48. The lowest BCUT2D eigenvalue weighted by atomic mass is 9.84. The molecule has 1 N–H and O–H groups in total. The lowest BCUT2D eigenvalue weighted by molar-refractivity contribution is -0.147. The van der Waals surface area contributed by atoms with Gasteiger partial charge in [-0.25, -0.2) is 4.79 Å². The van der Waals surface area contributed by atoms with Crippen LogP contribution in [0, 0.1) is 11.8 Å². The Labute approximate surface area is 106 Å². The van der Waals surface area contributed by atoms with Gasteiger partial charge in [-0.05, 0) is 38.0 Å². The summed E-state index contributed by atoms with van der Waals surface area (Å²) in [4.78, 5) is 37.4. The maximum Gasteiger partial charge on any atom is 0.331 e. The lowest BCUT2D eigenvalue weighted by Gasteiger charge is -2.41. The summed E-state index contributed by atoms with van der Waals surface area (Å²) in [5.41, 5.74) is 0. The van der Waals surface area contributed by atoms with E-state index in [4.69, 9.17) is 0 Å². The van der Waals surface area contributed by atoms with Gasteiger partial charge in [-0.1, -0.05) is 12.8 Å². The van der Waals surface area contributed by atoms with Gasteiger partial charge in [-0.3, -0.25) is 19.8 Å². The summed E-state index contributed by atoms with van der Waals surface area (Å²) >= 11 is 0. The van der Waals surface area contributed by atoms with Crippen LogP contribution in [0.5, 0.6) is 0 Å². The van der Waals surface area contributed by atoms with E-state index in [9.17, 15) is 14.4 Å². The molecule has 1 unspecified atom stereocenters. The van der Waals surface area contributed by atoms with E-state index >= 15 is 0 Å². The number of carbonyl (C=O) groups excluding carboxylic acids is 3. The first-order chi connectivity index (χ1) is 8.68. The molecule has 18 heavy (non-hydrogen) atoms. The molecule has 5 nitrogen and oxygen atoms in total. The molecule has 1 saturated heterocycles. The van der Waals surface area contributed by atoms with Crippen LogP contribution in [0.25, 0.3) is 0 Å². The van der Waals surface area contributed by atoms with Crippen molar-refractivity contribution in [3.05, 3.63) is 0 Å². The molecule has 1 heterocycles. The topological polar surface area (TPSA) is 66.5 Å². The Bertz CT molecular complexity index is 397. The third kappa shape index (κ3) is 1.72. The summed E-state index contributed by atoms with van der Waals surface area (Å²) in [5.74, 6) is -1.12. The SMILES string of the molecule is O=C1NC(=O)N(C2CCC2)C(=O)C1C1CCCC1. The summed E-state index contributed by atoms with van der Waals surface area (Å²) < 4.78 is 0. The van der Waals surface area contributed by atoms with Gasteiger partial charge in [0, 0.05) is 6.04 Å². The van der Waals surface area contributed by atoms with Crippen LogP contribution in [0.2, 0.25) is 0 Å². The average molecular weight is 250 g/mol. The van der Waals surface area contributed by atoms with Crippen molar-refractivity contribution in [1.82, 2.24) is 10.2 Å². The van der Waals surface area contributed by atoms with Crippen LogP contribution in [-0.2, 0) is 9.59 Å². The largest absolute Gasteiger partial charge is 0.331 e. The normalized spacial score (nSPS) is 30.6. The molecular formula is C13H18N2O3. The fourth-order valence-corrected chi connectivity index (χ4v) is 3.30. The summed E-state index contributed by atoms with van der Waals surface area (Å²) in [5, 5.41) is 2.36. The molecule has 0 bridgehead atoms. The van der Waals surface area contributed by atoms with Gasteiger partial charge in [-0.2, -0.15) is 0 Å². The van der Waals surface area contributed by atoms with Crippen molar-refractivity contribution in [2.24, 2.45) is 11.8 Å². The standard InChI is InChI=1S/C13H18N2O3/c16-11-10(8-4-1-2-5-8)12(17)15(13(18)14-11)9-6-3-7-9/h8-10H,1-7H2,(H,14,16,18). The highest BCUT2D eigenvalue weighted by Crippen LogP contribution is 2.36. The van der Waals surface area contributed by atoms with Crippen molar-refractivity contribution < 1.29 is 14.4 Å². The fraction of sp³-hybridized carbons (Fsp3) is 0.769. The molecular weight excluding hydrogens is 232 g/mol. The average Bonchev–Trinajstić information content (AvgIpc) is 2.74. The second-order valence-corrected chi connectivity index (χ2v) is 5.61. The molecule has 2 aliphatic carbocycles. The fourth-order valence-electron chi connectivity index (χ4n) is 3.30. The predicted molar refractivity (Wildman–Crippen MR) is 63.5 cm³/mol. The summed E-state index contributed by atoms with van der Waals surface area (Å²) in [6.45, 7) is 0. The van der Waals surface area contributed by atoms with Crippen LogP contribution < -0.4 is 5.32 Å². The number of hydrogen-bond donors (Lipinski definition) is 1. The number of amides is 4. The maximum atomic E-state index is 12.4.